The number of aromatic nitrogens is 3. The smallest absolute Gasteiger partial charge is 0.409 e. The lowest BCUT2D eigenvalue weighted by Crippen LogP contribution is -2.50. The molecule has 10 heteroatoms. The molecule has 1 aromatic carbocycles. The van der Waals surface area contributed by atoms with Crippen LogP contribution < -0.4 is 9.80 Å². The van der Waals surface area contributed by atoms with Crippen LogP contribution in [0.4, 0.5) is 16.6 Å². The highest BCUT2D eigenvalue weighted by Crippen LogP contribution is 2.29. The van der Waals surface area contributed by atoms with E-state index in [1.807, 2.05) is 30.3 Å². The Bertz CT molecular complexity index is 1190. The molecule has 2 aliphatic heterocycles. The van der Waals surface area contributed by atoms with Crippen molar-refractivity contribution >= 4 is 34.5 Å². The lowest BCUT2D eigenvalue weighted by molar-refractivity contribution is 0.0571. The second-order valence-corrected chi connectivity index (χ2v) is 8.54. The van der Waals surface area contributed by atoms with E-state index in [0.717, 1.165) is 48.7 Å². The van der Waals surface area contributed by atoms with Gasteiger partial charge in [-0.1, -0.05) is 24.3 Å². The Morgan fingerprint density at radius 1 is 0.800 bits per heavy atom. The summed E-state index contributed by atoms with van der Waals surface area (Å²) in [6.07, 6.45) is 4.89. The number of amides is 2. The van der Waals surface area contributed by atoms with Crippen molar-refractivity contribution in [3.8, 4) is 0 Å². The summed E-state index contributed by atoms with van der Waals surface area (Å²) in [7, 11) is 0. The van der Waals surface area contributed by atoms with Crippen LogP contribution in [0.1, 0.15) is 17.3 Å². The summed E-state index contributed by atoms with van der Waals surface area (Å²) in [4.78, 5) is 46.7. The molecular weight excluding hydrogens is 446 g/mol. The Labute approximate surface area is 204 Å². The number of hydrogen-bond donors (Lipinski definition) is 0. The Morgan fingerprint density at radius 2 is 1.43 bits per heavy atom. The van der Waals surface area contributed by atoms with Gasteiger partial charge in [0.15, 0.2) is 0 Å². The van der Waals surface area contributed by atoms with Crippen molar-refractivity contribution in [2.45, 2.75) is 6.92 Å². The van der Waals surface area contributed by atoms with E-state index >= 15 is 0 Å². The fourth-order valence-electron chi connectivity index (χ4n) is 4.65. The molecule has 0 aliphatic carbocycles. The summed E-state index contributed by atoms with van der Waals surface area (Å²) < 4.78 is 5.08. The molecular formula is C25H29N7O3. The van der Waals surface area contributed by atoms with Crippen LogP contribution in [0, 0.1) is 0 Å². The van der Waals surface area contributed by atoms with E-state index in [2.05, 4.69) is 19.8 Å². The van der Waals surface area contributed by atoms with Gasteiger partial charge in [-0.05, 0) is 18.4 Å². The van der Waals surface area contributed by atoms with E-state index < -0.39 is 0 Å². The number of ether oxygens (including phenoxy) is 1. The highest BCUT2D eigenvalue weighted by molar-refractivity contribution is 6.09. The third-order valence-electron chi connectivity index (χ3n) is 6.51. The zero-order valence-corrected chi connectivity index (χ0v) is 19.8. The Hall–Kier alpha value is -3.95. The molecule has 2 amide bonds. The summed E-state index contributed by atoms with van der Waals surface area (Å²) >= 11 is 0. The fourth-order valence-corrected chi connectivity index (χ4v) is 4.65. The van der Waals surface area contributed by atoms with Crippen molar-refractivity contribution in [1.82, 2.24) is 24.8 Å². The number of carbonyl (C=O) groups is 2. The molecule has 35 heavy (non-hydrogen) atoms. The predicted molar refractivity (Wildman–Crippen MR) is 133 cm³/mol. The third-order valence-corrected chi connectivity index (χ3v) is 6.51. The molecule has 3 aromatic rings. The Morgan fingerprint density at radius 3 is 2.11 bits per heavy atom. The van der Waals surface area contributed by atoms with Gasteiger partial charge in [-0.15, -0.1) is 0 Å². The molecule has 4 heterocycles. The molecule has 10 nitrogen and oxygen atoms in total. The maximum Gasteiger partial charge on any atom is 0.409 e. The molecule has 2 aromatic heterocycles. The molecule has 0 saturated carbocycles. The number of piperazine rings is 2. The minimum absolute atomic E-state index is 0.0604. The molecule has 0 atom stereocenters. The SMILES string of the molecule is CCOC(=O)N1CCN(C(=O)c2cnc(N3CCN(c4ncccn4)CC3)c3ccccc23)CC1. The van der Waals surface area contributed by atoms with E-state index in [0.29, 0.717) is 38.3 Å². The number of fused-ring (bicyclic) bond motifs is 1. The van der Waals surface area contributed by atoms with Crippen LogP contribution >= 0.6 is 0 Å². The van der Waals surface area contributed by atoms with Crippen LogP contribution in [0.15, 0.2) is 48.9 Å². The van der Waals surface area contributed by atoms with Gasteiger partial charge in [-0.2, -0.15) is 0 Å². The minimum atomic E-state index is -0.324. The zero-order valence-electron chi connectivity index (χ0n) is 19.8. The second-order valence-electron chi connectivity index (χ2n) is 8.54. The number of nitrogens with zero attached hydrogens (tertiary/aromatic N) is 7. The van der Waals surface area contributed by atoms with E-state index in [4.69, 9.17) is 9.72 Å². The normalized spacial score (nSPS) is 16.5. The minimum Gasteiger partial charge on any atom is -0.450 e. The quantitative estimate of drug-likeness (QED) is 0.567. The van der Waals surface area contributed by atoms with Crippen molar-refractivity contribution in [3.05, 3.63) is 54.5 Å². The van der Waals surface area contributed by atoms with Gasteiger partial charge in [0.25, 0.3) is 5.91 Å². The Kier molecular flexibility index (Phi) is 6.60. The van der Waals surface area contributed by atoms with Gasteiger partial charge in [0.05, 0.1) is 12.2 Å². The average molecular weight is 476 g/mol. The van der Waals surface area contributed by atoms with Gasteiger partial charge in [0.2, 0.25) is 5.95 Å². The van der Waals surface area contributed by atoms with E-state index in [-0.39, 0.29) is 12.0 Å². The summed E-state index contributed by atoms with van der Waals surface area (Å²) in [5.74, 6) is 1.57. The highest BCUT2D eigenvalue weighted by Gasteiger charge is 2.28. The monoisotopic (exact) mass is 475 g/mol. The lowest BCUT2D eigenvalue weighted by Gasteiger charge is -2.36. The van der Waals surface area contributed by atoms with Crippen molar-refractivity contribution in [1.29, 1.82) is 0 Å². The van der Waals surface area contributed by atoms with Crippen LogP contribution in [-0.4, -0.2) is 95.7 Å². The first kappa shape index (κ1) is 22.8. The maximum atomic E-state index is 13.4. The summed E-state index contributed by atoms with van der Waals surface area (Å²) in [5, 5.41) is 1.86. The topological polar surface area (TPSA) is 95.0 Å². The molecule has 5 rings (SSSR count). The van der Waals surface area contributed by atoms with Crippen LogP contribution in [-0.2, 0) is 4.74 Å². The number of anilines is 2. The van der Waals surface area contributed by atoms with Crippen LogP contribution in [0.25, 0.3) is 10.8 Å². The van der Waals surface area contributed by atoms with Crippen LogP contribution in [0.2, 0.25) is 0 Å². The summed E-state index contributed by atoms with van der Waals surface area (Å²) in [6, 6.07) is 9.76. The van der Waals surface area contributed by atoms with Crippen LogP contribution in [0.3, 0.4) is 0 Å². The zero-order chi connectivity index (χ0) is 24.2. The summed E-state index contributed by atoms with van der Waals surface area (Å²) in [5.41, 5.74) is 0.588. The van der Waals surface area contributed by atoms with Gasteiger partial charge < -0.3 is 24.3 Å². The number of carbonyl (C=O) groups excluding carboxylic acids is 2. The highest BCUT2D eigenvalue weighted by atomic mass is 16.6. The van der Waals surface area contributed by atoms with Crippen molar-refractivity contribution in [2.75, 3.05) is 68.8 Å². The number of hydrogen-bond acceptors (Lipinski definition) is 8. The molecule has 0 spiro atoms. The fraction of sp³-hybridized carbons (Fsp3) is 0.400. The molecule has 2 fully saturated rings. The largest absolute Gasteiger partial charge is 0.450 e. The van der Waals surface area contributed by atoms with E-state index in [1.54, 1.807) is 35.3 Å². The molecule has 2 saturated heterocycles. The number of pyridine rings is 1. The standard InChI is InChI=1S/C25H29N7O3/c1-2-35-25(34)32-16-12-30(13-17-32)23(33)21-18-28-22(20-7-4-3-6-19(20)21)29-10-14-31(15-11-29)24-26-8-5-9-27-24/h3-9,18H,2,10-17H2,1H3. The molecule has 0 N–H and O–H groups in total. The van der Waals surface area contributed by atoms with Gasteiger partial charge in [-0.25, -0.2) is 19.7 Å². The number of benzene rings is 1. The molecule has 2 aliphatic rings. The number of rotatable bonds is 4. The van der Waals surface area contributed by atoms with Gasteiger partial charge in [-0.3, -0.25) is 4.79 Å². The first-order chi connectivity index (χ1) is 17.2. The molecule has 0 unspecified atom stereocenters. The van der Waals surface area contributed by atoms with Crippen molar-refractivity contribution in [3.63, 3.8) is 0 Å². The van der Waals surface area contributed by atoms with Gasteiger partial charge >= 0.3 is 6.09 Å². The average Bonchev–Trinajstić information content (AvgIpc) is 2.93. The molecule has 0 bridgehead atoms. The van der Waals surface area contributed by atoms with Crippen molar-refractivity contribution in [2.24, 2.45) is 0 Å². The van der Waals surface area contributed by atoms with E-state index in [1.165, 1.54) is 0 Å². The maximum absolute atomic E-state index is 13.4. The van der Waals surface area contributed by atoms with Gasteiger partial charge in [0.1, 0.15) is 5.82 Å². The first-order valence-electron chi connectivity index (χ1n) is 12.0. The van der Waals surface area contributed by atoms with Crippen LogP contribution in [0.5, 0.6) is 0 Å². The Balaban J connectivity index is 1.32. The van der Waals surface area contributed by atoms with E-state index in [9.17, 15) is 9.59 Å². The second kappa shape index (κ2) is 10.1. The van der Waals surface area contributed by atoms with Crippen molar-refractivity contribution < 1.29 is 14.3 Å². The molecule has 182 valence electrons. The molecule has 0 radical (unpaired) electrons. The summed E-state index contributed by atoms with van der Waals surface area (Å²) in [6.45, 7) is 7.17. The predicted octanol–water partition coefficient (Wildman–Crippen LogP) is 2.27. The van der Waals surface area contributed by atoms with Gasteiger partial charge in [0, 0.05) is 76.3 Å². The lowest BCUT2D eigenvalue weighted by atomic mass is 10.0. The third kappa shape index (κ3) is 4.68. The first-order valence-corrected chi connectivity index (χ1v) is 12.0.